The Bertz CT molecular complexity index is 1070. The van der Waals surface area contributed by atoms with Gasteiger partial charge in [-0.1, -0.05) is 124 Å². The summed E-state index contributed by atoms with van der Waals surface area (Å²) < 4.78 is 12.8. The molecule has 3 aromatic carbocycles. The van der Waals surface area contributed by atoms with Gasteiger partial charge < -0.3 is 14.5 Å². The summed E-state index contributed by atoms with van der Waals surface area (Å²) in [7, 11) is -2.74. The fourth-order valence-electron chi connectivity index (χ4n) is 4.89. The highest BCUT2D eigenvalue weighted by Crippen LogP contribution is 2.38. The summed E-state index contributed by atoms with van der Waals surface area (Å²) in [6, 6.07) is 30.8. The van der Waals surface area contributed by atoms with E-state index in [1.807, 2.05) is 42.5 Å². The maximum atomic E-state index is 12.7. The molecule has 0 aromatic heterocycles. The highest BCUT2D eigenvalue weighted by Gasteiger charge is 2.52. The average Bonchev–Trinajstić information content (AvgIpc) is 2.88. The Morgan fingerprint density at radius 3 is 1.97 bits per heavy atom. The second kappa shape index (κ2) is 11.1. The maximum Gasteiger partial charge on any atom is 0.407 e. The van der Waals surface area contributed by atoms with Gasteiger partial charge in [0.15, 0.2) is 0 Å². The zero-order valence-corrected chi connectivity index (χ0v) is 21.8. The normalized spacial score (nSPS) is 18.1. The summed E-state index contributed by atoms with van der Waals surface area (Å²) in [6.07, 6.45) is 5.31. The van der Waals surface area contributed by atoms with Crippen LogP contribution in [-0.2, 0) is 15.8 Å². The van der Waals surface area contributed by atoms with E-state index in [0.717, 1.165) is 18.4 Å². The minimum atomic E-state index is -2.74. The number of nitrogens with one attached hydrogen (secondary N) is 1. The van der Waals surface area contributed by atoms with Gasteiger partial charge in [0.25, 0.3) is 8.32 Å². The largest absolute Gasteiger partial charge is 0.445 e. The molecule has 0 bridgehead atoms. The molecule has 0 aliphatic heterocycles. The number of amides is 1. The van der Waals surface area contributed by atoms with E-state index in [1.54, 1.807) is 0 Å². The van der Waals surface area contributed by atoms with E-state index < -0.39 is 14.4 Å². The minimum absolute atomic E-state index is 0.140. The van der Waals surface area contributed by atoms with Gasteiger partial charge in [0, 0.05) is 0 Å². The maximum absolute atomic E-state index is 12.7. The second-order valence-corrected chi connectivity index (χ2v) is 14.3. The third-order valence-corrected chi connectivity index (χ3v) is 11.6. The molecule has 1 aliphatic carbocycles. The van der Waals surface area contributed by atoms with Crippen molar-refractivity contribution in [2.75, 3.05) is 0 Å². The molecule has 1 aliphatic rings. The van der Waals surface area contributed by atoms with Gasteiger partial charge in [-0.25, -0.2) is 4.79 Å². The number of benzene rings is 3. The molecule has 0 saturated heterocycles. The predicted molar refractivity (Wildman–Crippen MR) is 144 cm³/mol. The van der Waals surface area contributed by atoms with Gasteiger partial charge in [-0.05, 0) is 33.8 Å². The van der Waals surface area contributed by atoms with Gasteiger partial charge in [-0.2, -0.15) is 0 Å². The van der Waals surface area contributed by atoms with Crippen LogP contribution in [0.2, 0.25) is 5.04 Å². The topological polar surface area (TPSA) is 47.6 Å². The molecule has 35 heavy (non-hydrogen) atoms. The Labute approximate surface area is 210 Å². The first kappa shape index (κ1) is 25.0. The fourth-order valence-corrected chi connectivity index (χ4v) is 9.56. The van der Waals surface area contributed by atoms with E-state index in [9.17, 15) is 4.79 Å². The predicted octanol–water partition coefficient (Wildman–Crippen LogP) is 5.58. The van der Waals surface area contributed by atoms with Gasteiger partial charge in [-0.15, -0.1) is 0 Å². The van der Waals surface area contributed by atoms with E-state index in [-0.39, 0.29) is 23.8 Å². The average molecular weight is 486 g/mol. The van der Waals surface area contributed by atoms with Crippen LogP contribution in [0.3, 0.4) is 0 Å². The molecule has 4 nitrogen and oxygen atoms in total. The van der Waals surface area contributed by atoms with Crippen molar-refractivity contribution in [1.29, 1.82) is 0 Å². The molecule has 0 heterocycles. The first-order valence-corrected chi connectivity index (χ1v) is 14.2. The zero-order valence-electron chi connectivity index (χ0n) is 20.8. The van der Waals surface area contributed by atoms with E-state index in [0.29, 0.717) is 0 Å². The molecule has 5 heteroatoms. The Morgan fingerprint density at radius 2 is 1.43 bits per heavy atom. The van der Waals surface area contributed by atoms with Crippen molar-refractivity contribution < 1.29 is 14.0 Å². The summed E-state index contributed by atoms with van der Waals surface area (Å²) in [5, 5.41) is 5.41. The minimum Gasteiger partial charge on any atom is -0.445 e. The zero-order chi connectivity index (χ0) is 24.7. The van der Waals surface area contributed by atoms with Crippen LogP contribution >= 0.6 is 0 Å². The van der Waals surface area contributed by atoms with Gasteiger partial charge in [0.1, 0.15) is 6.61 Å². The number of allylic oxidation sites excluding steroid dienone is 1. The molecule has 4 rings (SSSR count). The summed E-state index contributed by atoms with van der Waals surface area (Å²) in [6.45, 7) is 7.04. The van der Waals surface area contributed by atoms with Crippen molar-refractivity contribution in [2.45, 2.75) is 57.4 Å². The van der Waals surface area contributed by atoms with Crippen molar-refractivity contribution >= 4 is 24.8 Å². The highest BCUT2D eigenvalue weighted by molar-refractivity contribution is 6.99. The SMILES string of the molecule is CC(C)(C)[Si](O[C@@H]1C=CCC[C@H]1NC(=O)OCc1ccccc1)(c1ccccc1)c1ccccc1. The van der Waals surface area contributed by atoms with Crippen LogP contribution in [0.25, 0.3) is 0 Å². The summed E-state index contributed by atoms with van der Waals surface area (Å²) in [5.74, 6) is 0. The lowest BCUT2D eigenvalue weighted by atomic mass is 9.99. The van der Waals surface area contributed by atoms with Crippen LogP contribution in [0.4, 0.5) is 4.79 Å². The standard InChI is InChI=1S/C30H35NO3Si/c1-30(2,3)35(25-17-9-5-10-18-25,26-19-11-6-12-20-26)34-28-22-14-13-21-27(28)31-29(32)33-23-24-15-7-4-8-16-24/h4-12,14-20,22,27-28H,13,21,23H2,1-3H3,(H,31,32)/t27-,28-/m1/s1. The van der Waals surface area contributed by atoms with Crippen molar-refractivity contribution in [3.05, 3.63) is 109 Å². The number of hydrogen-bond acceptors (Lipinski definition) is 3. The molecule has 0 radical (unpaired) electrons. The van der Waals surface area contributed by atoms with Gasteiger partial charge >= 0.3 is 6.09 Å². The Morgan fingerprint density at radius 1 is 0.886 bits per heavy atom. The molecule has 0 fully saturated rings. The molecular weight excluding hydrogens is 450 g/mol. The van der Waals surface area contributed by atoms with Gasteiger partial charge in [0.2, 0.25) is 0 Å². The molecule has 1 amide bonds. The van der Waals surface area contributed by atoms with E-state index in [1.165, 1.54) is 10.4 Å². The Hall–Kier alpha value is -3.15. The van der Waals surface area contributed by atoms with E-state index in [2.05, 4.69) is 86.8 Å². The van der Waals surface area contributed by atoms with Crippen molar-refractivity contribution in [3.8, 4) is 0 Å². The molecule has 0 spiro atoms. The molecule has 0 unspecified atom stereocenters. The van der Waals surface area contributed by atoms with Gasteiger partial charge in [0.05, 0.1) is 12.1 Å². The van der Waals surface area contributed by atoms with Crippen LogP contribution in [0, 0.1) is 0 Å². The van der Waals surface area contributed by atoms with Crippen LogP contribution in [0.15, 0.2) is 103 Å². The van der Waals surface area contributed by atoms with Crippen molar-refractivity contribution in [3.63, 3.8) is 0 Å². The number of carbonyl (C=O) groups excluding carboxylic acids is 1. The molecule has 1 N–H and O–H groups in total. The lowest BCUT2D eigenvalue weighted by Gasteiger charge is -2.46. The molecule has 3 aromatic rings. The fraction of sp³-hybridized carbons (Fsp3) is 0.300. The van der Waals surface area contributed by atoms with E-state index in [4.69, 9.17) is 9.16 Å². The van der Waals surface area contributed by atoms with Crippen LogP contribution in [-0.4, -0.2) is 26.6 Å². The monoisotopic (exact) mass is 485 g/mol. The van der Waals surface area contributed by atoms with Crippen molar-refractivity contribution in [1.82, 2.24) is 5.32 Å². The number of alkyl carbamates (subject to hydrolysis) is 1. The van der Waals surface area contributed by atoms with E-state index >= 15 is 0 Å². The second-order valence-electron chi connectivity index (χ2n) is 10.1. The molecule has 0 saturated carbocycles. The number of rotatable bonds is 7. The van der Waals surface area contributed by atoms with Crippen LogP contribution < -0.4 is 15.7 Å². The quantitative estimate of drug-likeness (QED) is 0.351. The molecule has 182 valence electrons. The lowest BCUT2D eigenvalue weighted by Crippen LogP contribution is -2.69. The summed E-state index contributed by atoms with van der Waals surface area (Å²) in [4.78, 5) is 12.7. The van der Waals surface area contributed by atoms with Crippen molar-refractivity contribution in [2.24, 2.45) is 0 Å². The molecule has 2 atom stereocenters. The Balaban J connectivity index is 1.61. The van der Waals surface area contributed by atoms with Crippen LogP contribution in [0.5, 0.6) is 0 Å². The number of hydrogen-bond donors (Lipinski definition) is 1. The third-order valence-electron chi connectivity index (χ3n) is 6.61. The smallest absolute Gasteiger partial charge is 0.407 e. The number of carbonyl (C=O) groups is 1. The molecular formula is C30H35NO3Si. The lowest BCUT2D eigenvalue weighted by molar-refractivity contribution is 0.118. The van der Waals surface area contributed by atoms with Crippen LogP contribution in [0.1, 0.15) is 39.2 Å². The summed E-state index contributed by atoms with van der Waals surface area (Å²) in [5.41, 5.74) is 0.964. The highest BCUT2D eigenvalue weighted by atomic mass is 28.4. The van der Waals surface area contributed by atoms with Gasteiger partial charge in [-0.3, -0.25) is 0 Å². The first-order chi connectivity index (χ1) is 16.9. The third kappa shape index (κ3) is 5.74. The number of ether oxygens (including phenoxy) is 1. The first-order valence-electron chi connectivity index (χ1n) is 12.3. The Kier molecular flexibility index (Phi) is 7.89. The summed E-state index contributed by atoms with van der Waals surface area (Å²) >= 11 is 0.